The Labute approximate surface area is 250 Å². The Balaban J connectivity index is 1.31. The van der Waals surface area contributed by atoms with E-state index in [-0.39, 0.29) is 29.7 Å². The number of rotatable bonds is 5. The van der Waals surface area contributed by atoms with Gasteiger partial charge in [-0.05, 0) is 67.9 Å². The van der Waals surface area contributed by atoms with Gasteiger partial charge >= 0.3 is 0 Å². The van der Waals surface area contributed by atoms with E-state index >= 15 is 0 Å². The van der Waals surface area contributed by atoms with Gasteiger partial charge < -0.3 is 20.7 Å². The third kappa shape index (κ3) is 7.84. The first-order valence-corrected chi connectivity index (χ1v) is 15.4. The van der Waals surface area contributed by atoms with Gasteiger partial charge in [-0.3, -0.25) is 19.3 Å². The van der Waals surface area contributed by atoms with Crippen LogP contribution in [-0.2, 0) is 25.5 Å². The monoisotopic (exact) mass is 622 g/mol. The van der Waals surface area contributed by atoms with Gasteiger partial charge in [0.05, 0.1) is 12.0 Å². The number of piperidine rings is 1. The summed E-state index contributed by atoms with van der Waals surface area (Å²) in [5, 5.41) is 9.42. The van der Waals surface area contributed by atoms with Gasteiger partial charge in [-0.2, -0.15) is 0 Å². The largest absolute Gasteiger partial charge is 0.381 e. The molecule has 0 unspecified atom stereocenters. The molecule has 2 saturated heterocycles. The van der Waals surface area contributed by atoms with Gasteiger partial charge in [0.25, 0.3) is 0 Å². The number of nitrogens with one attached hydrogen (secondary N) is 3. The van der Waals surface area contributed by atoms with Crippen molar-refractivity contribution in [2.24, 2.45) is 11.3 Å². The molecule has 3 heterocycles. The molecule has 2 aromatic carbocycles. The Bertz CT molecular complexity index is 1230. The summed E-state index contributed by atoms with van der Waals surface area (Å²) in [6.45, 7) is 2.79. The first-order valence-electron chi connectivity index (χ1n) is 14.6. The molecule has 1 spiro atoms. The number of benzene rings is 2. The lowest BCUT2D eigenvalue weighted by Crippen LogP contribution is -2.58. The maximum absolute atomic E-state index is 13.7. The number of anilines is 1. The third-order valence-corrected chi connectivity index (χ3v) is 9.12. The summed E-state index contributed by atoms with van der Waals surface area (Å²) in [5.41, 5.74) is 1.19. The van der Waals surface area contributed by atoms with Crippen molar-refractivity contribution in [1.29, 1.82) is 0 Å². The second kappa shape index (κ2) is 13.8. The number of hydrogen-bond acceptors (Lipinski definition) is 5. The minimum atomic E-state index is -0.664. The second-order valence-corrected chi connectivity index (χ2v) is 12.4. The van der Waals surface area contributed by atoms with Gasteiger partial charge in [0, 0.05) is 48.9 Å². The molecule has 3 atom stereocenters. The molecule has 0 radical (unpaired) electrons. The average Bonchev–Trinajstić information content (AvgIpc) is 2.98. The highest BCUT2D eigenvalue weighted by molar-refractivity contribution is 9.10. The number of amides is 3. The molecule has 0 saturated carbocycles. The number of ether oxygens (including phenoxy) is 1. The predicted molar refractivity (Wildman–Crippen MR) is 162 cm³/mol. The summed E-state index contributed by atoms with van der Waals surface area (Å²) in [6, 6.07) is 16.7. The van der Waals surface area contributed by atoms with Gasteiger partial charge in [0.2, 0.25) is 17.7 Å². The van der Waals surface area contributed by atoms with E-state index in [0.717, 1.165) is 28.6 Å². The first-order chi connectivity index (χ1) is 19.9. The molecule has 3 amide bonds. The van der Waals surface area contributed by atoms with E-state index < -0.39 is 11.5 Å². The number of carbonyl (C=O) groups is 3. The second-order valence-electron chi connectivity index (χ2n) is 11.5. The lowest BCUT2D eigenvalue weighted by atomic mass is 9.75. The van der Waals surface area contributed by atoms with Crippen LogP contribution >= 0.6 is 15.9 Å². The first kappa shape index (κ1) is 29.5. The zero-order chi connectivity index (χ0) is 28.7. The standard InChI is InChI=1S/C32H39BrN4O4/c33-25-9-11-26(12-10-25)34-29(38)22-37-17-13-27-24(21-37)8-4-5-14-32(15-18-41-19-16-32)31(40)36-28(30(39)35-27)20-23-6-2-1-3-7-23/h1-7,9-12,24,27-28H,8,13-22H2,(H,34,38)(H,35,39)(H,36,40)/b5-4+/t24-,27+,28-/m1/s1. The lowest BCUT2D eigenvalue weighted by molar-refractivity contribution is -0.140. The molecule has 9 heteroatoms. The Hall–Kier alpha value is -3.01. The Morgan fingerprint density at radius 3 is 2.54 bits per heavy atom. The summed E-state index contributed by atoms with van der Waals surface area (Å²) < 4.78 is 6.56. The fourth-order valence-electron chi connectivity index (χ4n) is 6.14. The summed E-state index contributed by atoms with van der Waals surface area (Å²) in [6.07, 6.45) is 8.13. The maximum atomic E-state index is 13.7. The third-order valence-electron chi connectivity index (χ3n) is 8.59. The molecule has 2 aromatic rings. The smallest absolute Gasteiger partial charge is 0.243 e. The molecular formula is C32H39BrN4O4. The molecule has 3 N–H and O–H groups in total. The van der Waals surface area contributed by atoms with Gasteiger partial charge in [-0.15, -0.1) is 0 Å². The van der Waals surface area contributed by atoms with Gasteiger partial charge in [0.15, 0.2) is 0 Å². The highest BCUT2D eigenvalue weighted by Crippen LogP contribution is 2.36. The topological polar surface area (TPSA) is 99.8 Å². The molecule has 3 aliphatic rings. The van der Waals surface area contributed by atoms with Crippen LogP contribution in [0.15, 0.2) is 71.2 Å². The molecule has 5 rings (SSSR count). The Kier molecular flexibility index (Phi) is 9.90. The van der Waals surface area contributed by atoms with E-state index in [9.17, 15) is 14.4 Å². The van der Waals surface area contributed by atoms with E-state index in [1.165, 1.54) is 0 Å². The zero-order valence-electron chi connectivity index (χ0n) is 23.3. The van der Waals surface area contributed by atoms with Crippen LogP contribution in [0.5, 0.6) is 0 Å². The fraction of sp³-hybridized carbons (Fsp3) is 0.469. The van der Waals surface area contributed by atoms with Crippen LogP contribution in [0.1, 0.15) is 37.7 Å². The molecule has 8 nitrogen and oxygen atoms in total. The summed E-state index contributed by atoms with van der Waals surface area (Å²) in [4.78, 5) is 42.4. The zero-order valence-corrected chi connectivity index (χ0v) is 24.9. The van der Waals surface area contributed by atoms with Crippen molar-refractivity contribution in [3.63, 3.8) is 0 Å². The summed E-state index contributed by atoms with van der Waals surface area (Å²) in [7, 11) is 0. The molecule has 0 bridgehead atoms. The van der Waals surface area contributed by atoms with Crippen molar-refractivity contribution in [2.75, 3.05) is 38.2 Å². The lowest BCUT2D eigenvalue weighted by Gasteiger charge is -2.40. The van der Waals surface area contributed by atoms with Gasteiger partial charge in [-0.25, -0.2) is 0 Å². The quantitative estimate of drug-likeness (QED) is 0.437. The highest BCUT2D eigenvalue weighted by Gasteiger charge is 2.41. The van der Waals surface area contributed by atoms with Crippen molar-refractivity contribution in [2.45, 2.75) is 50.6 Å². The van der Waals surface area contributed by atoms with Crippen LogP contribution < -0.4 is 16.0 Å². The predicted octanol–water partition coefficient (Wildman–Crippen LogP) is 4.07. The number of likely N-dealkylation sites (tertiary alicyclic amines) is 1. The minimum Gasteiger partial charge on any atom is -0.381 e. The average molecular weight is 624 g/mol. The van der Waals surface area contributed by atoms with Crippen molar-refractivity contribution in [1.82, 2.24) is 15.5 Å². The van der Waals surface area contributed by atoms with E-state index in [1.54, 1.807) is 0 Å². The van der Waals surface area contributed by atoms with Crippen molar-refractivity contribution < 1.29 is 19.1 Å². The van der Waals surface area contributed by atoms with E-state index in [1.807, 2.05) is 54.6 Å². The fourth-order valence-corrected chi connectivity index (χ4v) is 6.40. The van der Waals surface area contributed by atoms with Crippen LogP contribution in [0.2, 0.25) is 0 Å². The number of halogens is 1. The summed E-state index contributed by atoms with van der Waals surface area (Å²) in [5.74, 6) is -0.108. The molecule has 218 valence electrons. The van der Waals surface area contributed by atoms with E-state index in [2.05, 4.69) is 48.9 Å². The van der Waals surface area contributed by atoms with Gasteiger partial charge in [0.1, 0.15) is 6.04 Å². The molecule has 0 aliphatic carbocycles. The van der Waals surface area contributed by atoms with Crippen LogP contribution in [0.4, 0.5) is 5.69 Å². The minimum absolute atomic E-state index is 0.0374. The molecule has 2 fully saturated rings. The number of fused-ring (bicyclic) bond motifs is 1. The number of carbonyl (C=O) groups excluding carboxylic acids is 3. The maximum Gasteiger partial charge on any atom is 0.243 e. The van der Waals surface area contributed by atoms with Crippen LogP contribution in [-0.4, -0.2) is 67.6 Å². The van der Waals surface area contributed by atoms with Gasteiger partial charge in [-0.1, -0.05) is 58.4 Å². The molecule has 0 aromatic heterocycles. The van der Waals surface area contributed by atoms with Crippen molar-refractivity contribution in [3.05, 3.63) is 76.8 Å². The molecule has 3 aliphatic heterocycles. The Morgan fingerprint density at radius 1 is 1.02 bits per heavy atom. The van der Waals surface area contributed by atoms with E-state index in [4.69, 9.17) is 4.74 Å². The van der Waals surface area contributed by atoms with Crippen molar-refractivity contribution in [3.8, 4) is 0 Å². The molecule has 41 heavy (non-hydrogen) atoms. The number of hydrogen-bond donors (Lipinski definition) is 3. The van der Waals surface area contributed by atoms with E-state index in [0.29, 0.717) is 58.5 Å². The number of allylic oxidation sites excluding steroid dienone is 2. The normalized spacial score (nSPS) is 26.0. The van der Waals surface area contributed by atoms with Crippen molar-refractivity contribution >= 4 is 39.3 Å². The highest BCUT2D eigenvalue weighted by atomic mass is 79.9. The van der Waals surface area contributed by atoms with Crippen LogP contribution in [0.25, 0.3) is 0 Å². The molecular weight excluding hydrogens is 584 g/mol. The SMILES string of the molecule is O=C(CN1CC[C@@H]2NC(=O)[C@@H](Cc3ccccc3)NC(=O)C3(C/C=C/C[C@@H]2C1)CCOCC3)Nc1ccc(Br)cc1. The number of nitrogens with zero attached hydrogens (tertiary/aromatic N) is 1. The Morgan fingerprint density at radius 2 is 1.78 bits per heavy atom. The summed E-state index contributed by atoms with van der Waals surface area (Å²) >= 11 is 3.42. The van der Waals surface area contributed by atoms with Crippen LogP contribution in [0.3, 0.4) is 0 Å². The van der Waals surface area contributed by atoms with Crippen LogP contribution in [0, 0.1) is 11.3 Å².